The Morgan fingerprint density at radius 1 is 0.900 bits per heavy atom. The Labute approximate surface area is 180 Å². The van der Waals surface area contributed by atoms with E-state index in [4.69, 9.17) is 20.5 Å². The van der Waals surface area contributed by atoms with Crippen LogP contribution in [0.2, 0.25) is 0 Å². The molecule has 0 saturated heterocycles. The van der Waals surface area contributed by atoms with Crippen molar-refractivity contribution in [3.05, 3.63) is 34.4 Å². The van der Waals surface area contributed by atoms with Crippen molar-refractivity contribution in [2.75, 3.05) is 13.2 Å². The van der Waals surface area contributed by atoms with Crippen LogP contribution in [-0.2, 0) is 48.0 Å². The van der Waals surface area contributed by atoms with Crippen molar-refractivity contribution in [2.45, 2.75) is 72.4 Å². The van der Waals surface area contributed by atoms with Gasteiger partial charge in [0.05, 0.1) is 18.4 Å². The van der Waals surface area contributed by atoms with Gasteiger partial charge in [-0.1, -0.05) is 39.8 Å². The molecule has 4 N–H and O–H groups in total. The van der Waals surface area contributed by atoms with Crippen LogP contribution in [0.25, 0.3) is 0 Å². The van der Waals surface area contributed by atoms with Gasteiger partial charge in [-0.15, -0.1) is 0 Å². The largest absolute Gasteiger partial charge is 0.465 e. The number of hydrogen-bond acceptors (Lipinski definition) is 5. The second kappa shape index (κ2) is 11.1. The summed E-state index contributed by atoms with van der Waals surface area (Å²) in [6, 6.07) is 3.76. The number of aryl methyl sites for hydroxylation is 1. The zero-order valence-electron chi connectivity index (χ0n) is 19.1. The molecule has 0 radical (unpaired) electrons. The lowest BCUT2D eigenvalue weighted by Gasteiger charge is -2.41. The van der Waals surface area contributed by atoms with E-state index in [1.807, 2.05) is 26.0 Å². The van der Waals surface area contributed by atoms with Crippen molar-refractivity contribution in [3.63, 3.8) is 0 Å². The molecule has 0 heterocycles. The van der Waals surface area contributed by atoms with Crippen LogP contribution in [0, 0.1) is 5.92 Å². The molecular weight excluding hydrogens is 403 g/mol. The monoisotopic (exact) mass is 440 g/mol. The van der Waals surface area contributed by atoms with E-state index in [0.717, 1.165) is 29.5 Å². The van der Waals surface area contributed by atoms with Crippen molar-refractivity contribution in [2.24, 2.45) is 16.9 Å². The maximum Gasteiger partial charge on any atom is 0.321 e. The van der Waals surface area contributed by atoms with Crippen molar-refractivity contribution >= 4 is 19.4 Å². The van der Waals surface area contributed by atoms with Crippen LogP contribution in [-0.4, -0.2) is 25.2 Å². The minimum atomic E-state index is -4.04. The van der Waals surface area contributed by atoms with E-state index in [1.54, 1.807) is 20.8 Å². The second-order valence-electron chi connectivity index (χ2n) is 7.21. The van der Waals surface area contributed by atoms with Crippen LogP contribution < -0.4 is 11.0 Å². The molecule has 0 aliphatic heterocycles. The van der Waals surface area contributed by atoms with E-state index in [0.29, 0.717) is 12.0 Å². The average molecular weight is 441 g/mol. The highest BCUT2D eigenvalue weighted by atomic mass is 31.2. The van der Waals surface area contributed by atoms with E-state index in [2.05, 4.69) is 6.92 Å². The summed E-state index contributed by atoms with van der Waals surface area (Å²) in [5, 5.41) is -1.63. The Balaban J connectivity index is 4.06. The Morgan fingerprint density at radius 3 is 1.73 bits per heavy atom. The highest BCUT2D eigenvalue weighted by molar-refractivity contribution is 7.60. The number of nitrogens with two attached hydrogens (primary N) is 2. The summed E-state index contributed by atoms with van der Waals surface area (Å²) in [7, 11) is -4.04. The number of benzene rings is 1. The first kappa shape index (κ1) is 26.3. The van der Waals surface area contributed by atoms with Crippen LogP contribution in [0.5, 0.6) is 0 Å². The lowest BCUT2D eigenvalue weighted by molar-refractivity contribution is -0.164. The molecule has 8 heteroatoms. The minimum Gasteiger partial charge on any atom is -0.465 e. The highest BCUT2D eigenvalue weighted by Crippen LogP contribution is 2.60. The summed E-state index contributed by atoms with van der Waals surface area (Å²) < 4.78 is 23.9. The fourth-order valence-corrected chi connectivity index (χ4v) is 6.14. The van der Waals surface area contributed by atoms with Gasteiger partial charge in [0, 0.05) is 0 Å². The van der Waals surface area contributed by atoms with E-state index in [1.165, 1.54) is 0 Å². The summed E-state index contributed by atoms with van der Waals surface area (Å²) >= 11 is 0. The van der Waals surface area contributed by atoms with E-state index in [-0.39, 0.29) is 19.6 Å². The Morgan fingerprint density at radius 2 is 1.40 bits per heavy atom. The van der Waals surface area contributed by atoms with Gasteiger partial charge in [0.1, 0.15) is 0 Å². The van der Waals surface area contributed by atoms with Crippen molar-refractivity contribution in [3.8, 4) is 0 Å². The fourth-order valence-electron chi connectivity index (χ4n) is 4.45. The third kappa shape index (κ3) is 4.79. The first-order valence-electron chi connectivity index (χ1n) is 10.7. The first-order chi connectivity index (χ1) is 14.1. The molecule has 0 saturated carbocycles. The SMILES string of the molecule is CCOC(=O)C(C(=O)OCC)C(CC)(c1ccc(CC)c(CC)c1CC)P(N)(N)=O. The van der Waals surface area contributed by atoms with Gasteiger partial charge in [-0.2, -0.15) is 0 Å². The van der Waals surface area contributed by atoms with Gasteiger partial charge in [0.15, 0.2) is 5.92 Å². The Bertz CT molecular complexity index is 787. The molecule has 7 nitrogen and oxygen atoms in total. The maximum absolute atomic E-state index is 13.5. The molecule has 1 atom stereocenters. The van der Waals surface area contributed by atoms with Gasteiger partial charge in [-0.05, 0) is 61.8 Å². The van der Waals surface area contributed by atoms with Crippen molar-refractivity contribution in [1.29, 1.82) is 0 Å². The summed E-state index contributed by atoms with van der Waals surface area (Å²) in [6.07, 6.45) is 2.31. The van der Waals surface area contributed by atoms with E-state index in [9.17, 15) is 14.2 Å². The standard InChI is InChI=1S/C22H37N2O5P/c1-7-15-13-14-18(17(9-3)16(15)8-2)22(10-4,30(23,24)27)19(20(25)28-11-5)21(26)29-12-6/h13-14,19H,7-12H2,1-6H3,(H4,23,24,27). The maximum atomic E-state index is 13.5. The predicted octanol–water partition coefficient (Wildman–Crippen LogP) is 3.83. The summed E-state index contributed by atoms with van der Waals surface area (Å²) in [5.41, 5.74) is 16.0. The van der Waals surface area contributed by atoms with Gasteiger partial charge in [0.25, 0.3) is 0 Å². The minimum absolute atomic E-state index is 0.0591. The molecule has 1 unspecified atom stereocenters. The zero-order valence-corrected chi connectivity index (χ0v) is 20.0. The topological polar surface area (TPSA) is 122 Å². The Hall–Kier alpha value is -1.69. The summed E-state index contributed by atoms with van der Waals surface area (Å²) in [4.78, 5) is 26.0. The van der Waals surface area contributed by atoms with Crippen molar-refractivity contribution in [1.82, 2.24) is 0 Å². The Kier molecular flexibility index (Phi) is 9.73. The number of rotatable bonds is 11. The van der Waals surface area contributed by atoms with Gasteiger partial charge >= 0.3 is 11.9 Å². The number of hydrogen-bond donors (Lipinski definition) is 2. The van der Waals surface area contributed by atoms with Gasteiger partial charge in [-0.3, -0.25) is 25.2 Å². The normalized spacial score (nSPS) is 13.8. The number of ether oxygens (including phenoxy) is 2. The van der Waals surface area contributed by atoms with Crippen LogP contribution in [0.1, 0.15) is 70.2 Å². The molecule has 0 spiro atoms. The van der Waals surface area contributed by atoms with Gasteiger partial charge in [-0.25, -0.2) is 0 Å². The summed E-state index contributed by atoms with van der Waals surface area (Å²) in [6.45, 7) is 11.2. The molecule has 170 valence electrons. The average Bonchev–Trinajstić information content (AvgIpc) is 2.69. The molecule has 0 aliphatic carbocycles. The number of carbonyl (C=O) groups excluding carboxylic acids is 2. The molecular formula is C22H37N2O5P. The number of esters is 2. The third-order valence-electron chi connectivity index (χ3n) is 5.77. The smallest absolute Gasteiger partial charge is 0.321 e. The quantitative estimate of drug-likeness (QED) is 0.305. The lowest BCUT2D eigenvalue weighted by Crippen LogP contribution is -2.49. The molecule has 0 fully saturated rings. The molecule has 0 aromatic heterocycles. The fraction of sp³-hybridized carbons (Fsp3) is 0.636. The predicted molar refractivity (Wildman–Crippen MR) is 119 cm³/mol. The van der Waals surface area contributed by atoms with Gasteiger partial charge < -0.3 is 9.47 Å². The van der Waals surface area contributed by atoms with E-state index < -0.39 is 30.5 Å². The second-order valence-corrected chi connectivity index (χ2v) is 9.43. The summed E-state index contributed by atoms with van der Waals surface area (Å²) in [5.74, 6) is -3.17. The molecule has 0 aliphatic rings. The zero-order chi connectivity index (χ0) is 23.1. The molecule has 0 amide bonds. The molecule has 30 heavy (non-hydrogen) atoms. The molecule has 1 rings (SSSR count). The van der Waals surface area contributed by atoms with Crippen molar-refractivity contribution < 1.29 is 23.6 Å². The molecule has 1 aromatic rings. The third-order valence-corrected chi connectivity index (χ3v) is 7.83. The molecule has 1 aromatic carbocycles. The van der Waals surface area contributed by atoms with Crippen LogP contribution in [0.15, 0.2) is 12.1 Å². The van der Waals surface area contributed by atoms with Crippen LogP contribution in [0.4, 0.5) is 0 Å². The van der Waals surface area contributed by atoms with Crippen LogP contribution >= 0.6 is 7.44 Å². The molecule has 0 bridgehead atoms. The highest BCUT2D eigenvalue weighted by Gasteiger charge is 2.58. The number of carbonyl (C=O) groups is 2. The van der Waals surface area contributed by atoms with Crippen LogP contribution in [0.3, 0.4) is 0 Å². The lowest BCUT2D eigenvalue weighted by atomic mass is 9.77. The van der Waals surface area contributed by atoms with Gasteiger partial charge in [0.2, 0.25) is 7.44 Å². The van der Waals surface area contributed by atoms with E-state index >= 15 is 0 Å². The first-order valence-corrected chi connectivity index (χ1v) is 12.6.